The van der Waals surface area contributed by atoms with Crippen LogP contribution in [0.15, 0.2) is 109 Å². The summed E-state index contributed by atoms with van der Waals surface area (Å²) in [4.78, 5) is 0. The molecule has 0 radical (unpaired) electrons. The third-order valence-corrected chi connectivity index (χ3v) is 13.8. The Kier molecular flexibility index (Phi) is 7.04. The van der Waals surface area contributed by atoms with Crippen molar-refractivity contribution >= 4 is 40.0 Å². The molecule has 0 heterocycles. The van der Waals surface area contributed by atoms with Crippen LogP contribution in [-0.4, -0.2) is 8.07 Å². The third-order valence-electron chi connectivity index (χ3n) is 8.67. The van der Waals surface area contributed by atoms with Crippen LogP contribution < -0.4 is 31.2 Å². The Morgan fingerprint density at radius 1 is 0.462 bits per heavy atom. The van der Waals surface area contributed by atoms with E-state index in [0.29, 0.717) is 11.8 Å². The van der Waals surface area contributed by atoms with E-state index in [1.807, 2.05) is 0 Å². The quantitative estimate of drug-likeness (QED) is 0.277. The van der Waals surface area contributed by atoms with Gasteiger partial charge in [0.25, 0.3) is 0 Å². The maximum Gasteiger partial charge on any atom is 0.173 e. The van der Waals surface area contributed by atoms with Crippen molar-refractivity contribution in [2.24, 2.45) is 11.8 Å². The molecule has 39 heavy (non-hydrogen) atoms. The fourth-order valence-electron chi connectivity index (χ4n) is 7.36. The zero-order chi connectivity index (χ0) is 27.0. The summed E-state index contributed by atoms with van der Waals surface area (Å²) in [7, 11) is -2.58. The first-order valence-electron chi connectivity index (χ1n) is 14.7. The van der Waals surface area contributed by atoms with Crippen molar-refractivity contribution in [2.75, 3.05) is 0 Å². The van der Waals surface area contributed by atoms with Crippen LogP contribution in [0.2, 0.25) is 0 Å². The van der Waals surface area contributed by atoms with Crippen molar-refractivity contribution in [3.63, 3.8) is 0 Å². The van der Waals surface area contributed by atoms with E-state index < -0.39 is 8.07 Å². The first kappa shape index (κ1) is 25.8. The first-order valence-corrected chi connectivity index (χ1v) is 16.7. The SMILES string of the molecule is CC(C)CC1=c2ccccc2=C([Si](C2=c3ccccc3=C(CC(C)C)C2)(c2ccccc2)c2ccccc2)C1. The molecule has 1 heteroatoms. The van der Waals surface area contributed by atoms with E-state index in [4.69, 9.17) is 0 Å². The number of hydrogen-bond acceptors (Lipinski definition) is 0. The largest absolute Gasteiger partial charge is 0.173 e. The summed E-state index contributed by atoms with van der Waals surface area (Å²) in [6, 6.07) is 41.8. The molecule has 0 fully saturated rings. The van der Waals surface area contributed by atoms with E-state index in [1.54, 1.807) is 21.5 Å². The highest BCUT2D eigenvalue weighted by Gasteiger charge is 2.47. The molecule has 4 aromatic carbocycles. The molecule has 0 N–H and O–H groups in total. The molecule has 0 saturated carbocycles. The molecule has 0 nitrogen and oxygen atoms in total. The van der Waals surface area contributed by atoms with Crippen LogP contribution in [0.25, 0.3) is 21.5 Å². The molecule has 6 rings (SSSR count). The number of hydrogen-bond donors (Lipinski definition) is 0. The van der Waals surface area contributed by atoms with Gasteiger partial charge in [-0.25, -0.2) is 0 Å². The van der Waals surface area contributed by atoms with Crippen LogP contribution in [0, 0.1) is 11.8 Å². The highest BCUT2D eigenvalue weighted by Crippen LogP contribution is 2.37. The van der Waals surface area contributed by atoms with Gasteiger partial charge in [0.15, 0.2) is 8.07 Å². The Morgan fingerprint density at radius 3 is 1.15 bits per heavy atom. The van der Waals surface area contributed by atoms with Gasteiger partial charge >= 0.3 is 0 Å². The Labute approximate surface area is 234 Å². The summed E-state index contributed by atoms with van der Waals surface area (Å²) in [5.41, 5.74) is 3.25. The Morgan fingerprint density at radius 2 is 0.795 bits per heavy atom. The van der Waals surface area contributed by atoms with Crippen LogP contribution in [0.1, 0.15) is 53.4 Å². The predicted molar refractivity (Wildman–Crippen MR) is 171 cm³/mol. The second kappa shape index (κ2) is 10.6. The molecule has 0 spiro atoms. The van der Waals surface area contributed by atoms with Gasteiger partial charge < -0.3 is 0 Å². The average molecular weight is 525 g/mol. The van der Waals surface area contributed by atoms with Crippen LogP contribution in [0.4, 0.5) is 0 Å². The van der Waals surface area contributed by atoms with E-state index >= 15 is 0 Å². The highest BCUT2D eigenvalue weighted by atomic mass is 28.3. The van der Waals surface area contributed by atoms with Crippen molar-refractivity contribution in [1.29, 1.82) is 0 Å². The lowest BCUT2D eigenvalue weighted by Crippen LogP contribution is -2.63. The molecular formula is C38H40Si. The molecule has 0 amide bonds. The molecule has 2 aliphatic carbocycles. The van der Waals surface area contributed by atoms with E-state index in [9.17, 15) is 0 Å². The minimum absolute atomic E-state index is 0.641. The lowest BCUT2D eigenvalue weighted by Gasteiger charge is -2.37. The van der Waals surface area contributed by atoms with Gasteiger partial charge in [-0.1, -0.05) is 158 Å². The fraction of sp³-hybridized carbons (Fsp3) is 0.263. The first-order chi connectivity index (χ1) is 19.0. The summed E-state index contributed by atoms with van der Waals surface area (Å²) >= 11 is 0. The van der Waals surface area contributed by atoms with Crippen molar-refractivity contribution in [3.05, 3.63) is 130 Å². The zero-order valence-electron chi connectivity index (χ0n) is 23.9. The zero-order valence-corrected chi connectivity index (χ0v) is 24.9. The average Bonchev–Trinajstić information content (AvgIpc) is 3.49. The number of benzene rings is 4. The molecule has 4 aromatic rings. The van der Waals surface area contributed by atoms with E-state index in [2.05, 4.69) is 137 Å². The molecule has 0 unspecified atom stereocenters. The third kappa shape index (κ3) is 4.47. The van der Waals surface area contributed by atoms with Gasteiger partial charge in [0.1, 0.15) is 0 Å². The Bertz CT molecular complexity index is 1610. The summed E-state index contributed by atoms with van der Waals surface area (Å²) in [5, 5.41) is 12.4. The van der Waals surface area contributed by atoms with Gasteiger partial charge in [-0.2, -0.15) is 0 Å². The second-order valence-electron chi connectivity index (χ2n) is 12.3. The highest BCUT2D eigenvalue weighted by molar-refractivity contribution is 7.24. The molecular weight excluding hydrogens is 485 g/mol. The normalized spacial score (nSPS) is 14.9. The lowest BCUT2D eigenvalue weighted by atomic mass is 10.0. The maximum absolute atomic E-state index is 2.58. The maximum atomic E-state index is 2.44. The molecule has 0 bridgehead atoms. The topological polar surface area (TPSA) is 0 Å². The van der Waals surface area contributed by atoms with Gasteiger partial charge in [0.05, 0.1) is 0 Å². The van der Waals surface area contributed by atoms with Crippen molar-refractivity contribution in [2.45, 2.75) is 53.4 Å². The minimum atomic E-state index is -2.58. The summed E-state index contributed by atoms with van der Waals surface area (Å²) in [5.74, 6) is 1.28. The smallest absolute Gasteiger partial charge is 0.0625 e. The summed E-state index contributed by atoms with van der Waals surface area (Å²) < 4.78 is 0. The van der Waals surface area contributed by atoms with E-state index in [0.717, 1.165) is 25.7 Å². The molecule has 0 atom stereocenters. The fourth-order valence-corrected chi connectivity index (χ4v) is 13.0. The van der Waals surface area contributed by atoms with Crippen molar-refractivity contribution in [3.8, 4) is 0 Å². The standard InChI is InChI=1S/C38H40Si/c1-27(2)23-29-25-37(35-21-13-11-19-33(29)35)39(31-15-7-5-8-16-31,32-17-9-6-10-18-32)38-26-30(24-28(3)4)34-20-12-14-22-36(34)38/h5-22,27-28H,23-26H2,1-4H3. The van der Waals surface area contributed by atoms with Gasteiger partial charge in [0, 0.05) is 0 Å². The van der Waals surface area contributed by atoms with Crippen molar-refractivity contribution < 1.29 is 0 Å². The molecule has 2 aliphatic rings. The van der Waals surface area contributed by atoms with Gasteiger partial charge in [-0.05, 0) is 68.8 Å². The number of fused-ring (bicyclic) bond motifs is 2. The molecule has 0 saturated heterocycles. The summed E-state index contributed by atoms with van der Waals surface area (Å²) in [6.07, 6.45) is 4.48. The van der Waals surface area contributed by atoms with Crippen molar-refractivity contribution in [1.82, 2.24) is 0 Å². The molecule has 0 aromatic heterocycles. The van der Waals surface area contributed by atoms with Gasteiger partial charge in [-0.15, -0.1) is 0 Å². The summed E-state index contributed by atoms with van der Waals surface area (Å²) in [6.45, 7) is 9.45. The number of rotatable bonds is 8. The van der Waals surface area contributed by atoms with Crippen LogP contribution in [-0.2, 0) is 0 Å². The van der Waals surface area contributed by atoms with Gasteiger partial charge in [0.2, 0.25) is 0 Å². The Balaban J connectivity index is 1.79. The second-order valence-corrected chi connectivity index (χ2v) is 16.1. The van der Waals surface area contributed by atoms with Crippen LogP contribution in [0.3, 0.4) is 0 Å². The van der Waals surface area contributed by atoms with E-state index in [1.165, 1.54) is 31.2 Å². The minimum Gasteiger partial charge on any atom is -0.0625 e. The molecule has 0 aliphatic heterocycles. The molecule has 196 valence electrons. The van der Waals surface area contributed by atoms with Gasteiger partial charge in [-0.3, -0.25) is 0 Å². The monoisotopic (exact) mass is 524 g/mol. The lowest BCUT2D eigenvalue weighted by molar-refractivity contribution is 0.667. The van der Waals surface area contributed by atoms with Crippen LogP contribution >= 0.6 is 0 Å². The predicted octanol–water partition coefficient (Wildman–Crippen LogP) is 5.23. The van der Waals surface area contributed by atoms with Crippen LogP contribution in [0.5, 0.6) is 0 Å². The Hall–Kier alpha value is -3.42. The van der Waals surface area contributed by atoms with E-state index in [-0.39, 0.29) is 0 Å².